The van der Waals surface area contributed by atoms with Gasteiger partial charge in [-0.3, -0.25) is 0 Å². The van der Waals surface area contributed by atoms with Gasteiger partial charge in [-0.1, -0.05) is 0 Å². The van der Waals surface area contributed by atoms with Crippen LogP contribution in [0.2, 0.25) is 0 Å². The van der Waals surface area contributed by atoms with E-state index in [1.165, 1.54) is 0 Å². The topological polar surface area (TPSA) is 94.5 Å². The van der Waals surface area contributed by atoms with Gasteiger partial charge in [0.25, 0.3) is 0 Å². The molecule has 0 aliphatic rings. The first-order valence-electron chi connectivity index (χ1n) is 0.144. The number of hydrogen-bond acceptors (Lipinski definition) is 1. The van der Waals surface area contributed by atoms with E-state index in [1.54, 1.807) is 0 Å². The Labute approximate surface area is 42.0 Å². The molecule has 38 valence electrons. The van der Waals surface area contributed by atoms with Gasteiger partial charge in [-0.15, -0.1) is 0 Å². The maximum absolute atomic E-state index is 3.83. The fraction of sp³-hybridized carbons (Fsp3) is 0. The van der Waals surface area contributed by atoms with Gasteiger partial charge in [0.05, 0.1) is 0 Å². The van der Waals surface area contributed by atoms with Crippen LogP contribution in [0.3, 0.4) is 0 Å². The van der Waals surface area contributed by atoms with Crippen LogP contribution in [0.5, 0.6) is 0 Å². The monoisotopic (exact) mass is 142 g/mol. The van der Waals surface area contributed by atoms with Crippen LogP contribution in [0.25, 0.3) is 0 Å². The van der Waals surface area contributed by atoms with Crippen LogP contribution in [0, 0.1) is 0 Å². The Bertz CT molecular complexity index is 6.85. The molecule has 0 rings (SSSR count). The molecular formula is H6FeO3S. The molecule has 5 heteroatoms. The molecule has 0 aromatic carbocycles. The van der Waals surface area contributed by atoms with E-state index >= 15 is 0 Å². The van der Waals surface area contributed by atoms with Crippen molar-refractivity contribution in [3.05, 3.63) is 0 Å². The average Bonchev–Trinajstić information content (AvgIpc) is 1.00. The standard InChI is InChI=1S/Fe.3H2O.S/h;3*1H2;. The number of rotatable bonds is 0. The molecular weight excluding hydrogens is 136 g/mol. The Kier molecular flexibility index (Phi) is 1440. The van der Waals surface area contributed by atoms with Gasteiger partial charge in [-0.25, -0.2) is 0 Å². The van der Waals surface area contributed by atoms with Crippen molar-refractivity contribution in [3.8, 4) is 0 Å². The molecule has 0 unspecified atom stereocenters. The number of hydrogen-bond donors (Lipinski definition) is 0. The van der Waals surface area contributed by atoms with Crippen LogP contribution in [0.4, 0.5) is 0 Å². The van der Waals surface area contributed by atoms with Gasteiger partial charge in [0.15, 0.2) is 0 Å². The maximum atomic E-state index is 3.83. The summed E-state index contributed by atoms with van der Waals surface area (Å²) in [4.78, 5) is 0. The van der Waals surface area contributed by atoms with E-state index < -0.39 is 0 Å². The molecule has 0 aliphatic heterocycles. The second-order valence-corrected chi connectivity index (χ2v) is 0. The molecule has 5 heavy (non-hydrogen) atoms. The van der Waals surface area contributed by atoms with E-state index in [9.17, 15) is 0 Å². The fourth-order valence-corrected chi connectivity index (χ4v) is 0. The molecule has 0 bridgehead atoms. The van der Waals surface area contributed by atoms with Gasteiger partial charge in [0.2, 0.25) is 0 Å². The summed E-state index contributed by atoms with van der Waals surface area (Å²) in [5, 5.41) is 0. The van der Waals surface area contributed by atoms with Crippen molar-refractivity contribution in [3.63, 3.8) is 0 Å². The summed E-state index contributed by atoms with van der Waals surface area (Å²) in [5.41, 5.74) is 0. The first-order chi connectivity index (χ1) is 1.00. The van der Waals surface area contributed by atoms with E-state index in [0.29, 0.717) is 0 Å². The molecule has 0 spiro atoms. The van der Waals surface area contributed by atoms with Gasteiger partial charge in [0.1, 0.15) is 0 Å². The molecule has 6 N–H and O–H groups in total. The van der Waals surface area contributed by atoms with Crippen molar-refractivity contribution in [1.82, 2.24) is 0 Å². The van der Waals surface area contributed by atoms with E-state index in [-0.39, 0.29) is 16.4 Å². The third kappa shape index (κ3) is 82.6. The minimum atomic E-state index is 0. The SMILES string of the molecule is O.O.O.[S]=[Fe]. The Morgan fingerprint density at radius 1 is 0.800 bits per heavy atom. The van der Waals surface area contributed by atoms with E-state index in [0.717, 1.165) is 0 Å². The van der Waals surface area contributed by atoms with E-state index in [1.807, 2.05) is 0 Å². The first kappa shape index (κ1) is 45.7. The molecule has 0 saturated heterocycles. The van der Waals surface area contributed by atoms with Crippen molar-refractivity contribution < 1.29 is 30.8 Å². The zero-order chi connectivity index (χ0) is 2.00. The van der Waals surface area contributed by atoms with Crippen LogP contribution in [0.15, 0.2) is 0 Å². The van der Waals surface area contributed by atoms with Crippen LogP contribution in [-0.4, -0.2) is 16.4 Å². The summed E-state index contributed by atoms with van der Waals surface area (Å²) in [6.45, 7) is 0. The normalized spacial score (nSPS) is 1.00. The second kappa shape index (κ2) is 158. The molecule has 0 aromatic heterocycles. The van der Waals surface area contributed by atoms with Crippen LogP contribution >= 0.6 is 10.6 Å². The van der Waals surface area contributed by atoms with Crippen LogP contribution < -0.4 is 0 Å². The predicted molar refractivity (Wildman–Crippen MR) is 18.4 cm³/mol. The summed E-state index contributed by atoms with van der Waals surface area (Å²) >= 11 is 2.83. The molecule has 3 nitrogen and oxygen atoms in total. The zero-order valence-electron chi connectivity index (χ0n) is 2.26. The molecule has 0 saturated carbocycles. The average molecular weight is 142 g/mol. The van der Waals surface area contributed by atoms with Crippen molar-refractivity contribution in [2.24, 2.45) is 0 Å². The molecule has 0 heterocycles. The first-order valence-corrected chi connectivity index (χ1v) is 1.79. The van der Waals surface area contributed by atoms with E-state index in [4.69, 9.17) is 0 Å². The molecule has 0 atom stereocenters. The summed E-state index contributed by atoms with van der Waals surface area (Å²) < 4.78 is 0. The summed E-state index contributed by atoms with van der Waals surface area (Å²) in [5.74, 6) is 0. The fourth-order valence-electron chi connectivity index (χ4n) is 0. The van der Waals surface area contributed by atoms with Gasteiger partial charge in [-0.2, -0.15) is 0 Å². The molecule has 0 aromatic rings. The Morgan fingerprint density at radius 3 is 0.800 bits per heavy atom. The molecule has 0 aliphatic carbocycles. The summed E-state index contributed by atoms with van der Waals surface area (Å²) in [7, 11) is 3.83. The Balaban J connectivity index is -0.00000000167. The Hall–Kier alpha value is 0.619. The quantitative estimate of drug-likeness (QED) is 0.365. The molecule has 0 fully saturated rings. The van der Waals surface area contributed by atoms with Crippen LogP contribution in [0.1, 0.15) is 0 Å². The minimum absolute atomic E-state index is 0. The third-order valence-electron chi connectivity index (χ3n) is 0. The second-order valence-electron chi connectivity index (χ2n) is 0. The van der Waals surface area contributed by atoms with Gasteiger partial charge in [-0.05, 0) is 0 Å². The third-order valence-corrected chi connectivity index (χ3v) is 0. The Morgan fingerprint density at radius 2 is 0.800 bits per heavy atom. The van der Waals surface area contributed by atoms with Crippen molar-refractivity contribution in [2.45, 2.75) is 0 Å². The zero-order valence-corrected chi connectivity index (χ0v) is 4.18. The van der Waals surface area contributed by atoms with Crippen LogP contribution in [-0.2, 0) is 14.4 Å². The van der Waals surface area contributed by atoms with Crippen molar-refractivity contribution in [1.29, 1.82) is 0 Å². The summed E-state index contributed by atoms with van der Waals surface area (Å²) in [6.07, 6.45) is 0. The predicted octanol–water partition coefficient (Wildman–Crippen LogP) is -1.83. The van der Waals surface area contributed by atoms with Gasteiger partial charge < -0.3 is 16.4 Å². The molecule has 0 radical (unpaired) electrons. The molecule has 0 amide bonds. The van der Waals surface area contributed by atoms with Gasteiger partial charge in [0, 0.05) is 0 Å². The summed E-state index contributed by atoms with van der Waals surface area (Å²) in [6, 6.07) is 0. The van der Waals surface area contributed by atoms with Gasteiger partial charge >= 0.3 is 24.9 Å². The van der Waals surface area contributed by atoms with Crippen molar-refractivity contribution >= 4 is 10.6 Å². The van der Waals surface area contributed by atoms with E-state index in [2.05, 4.69) is 24.9 Å². The van der Waals surface area contributed by atoms with Crippen molar-refractivity contribution in [2.75, 3.05) is 0 Å².